The van der Waals surface area contributed by atoms with E-state index in [1.807, 2.05) is 24.3 Å². The van der Waals surface area contributed by atoms with E-state index in [9.17, 15) is 13.2 Å². The Morgan fingerprint density at radius 2 is 1.70 bits per heavy atom. The Morgan fingerprint density at radius 1 is 0.967 bits per heavy atom. The predicted molar refractivity (Wildman–Crippen MR) is 119 cm³/mol. The molecule has 1 fully saturated rings. The molecule has 0 amide bonds. The second kappa shape index (κ2) is 8.36. The lowest BCUT2D eigenvalue weighted by Gasteiger charge is -2.29. The van der Waals surface area contributed by atoms with Gasteiger partial charge in [-0.15, -0.1) is 0 Å². The molecule has 1 aromatic heterocycles. The van der Waals surface area contributed by atoms with Crippen LogP contribution in [0.15, 0.2) is 70.4 Å². The van der Waals surface area contributed by atoms with Crippen molar-refractivity contribution in [2.24, 2.45) is 0 Å². The first-order valence-corrected chi connectivity index (χ1v) is 12.2. The molecule has 0 N–H and O–H groups in total. The Hall–Kier alpha value is -2.44. The van der Waals surface area contributed by atoms with Gasteiger partial charge in [-0.25, -0.2) is 13.1 Å². The summed E-state index contributed by atoms with van der Waals surface area (Å²) in [4.78, 5) is 12.7. The van der Waals surface area contributed by atoms with E-state index >= 15 is 0 Å². The van der Waals surface area contributed by atoms with E-state index in [0.29, 0.717) is 17.2 Å². The Kier molecular flexibility index (Phi) is 5.80. The quantitative estimate of drug-likeness (QED) is 0.578. The fourth-order valence-corrected chi connectivity index (χ4v) is 5.01. The van der Waals surface area contributed by atoms with Crippen molar-refractivity contribution in [3.63, 3.8) is 0 Å². The van der Waals surface area contributed by atoms with Gasteiger partial charge in [0, 0.05) is 22.9 Å². The number of halogens is 1. The van der Waals surface area contributed by atoms with Gasteiger partial charge >= 0.3 is 0 Å². The van der Waals surface area contributed by atoms with Gasteiger partial charge in [0.25, 0.3) is 5.56 Å². The van der Waals surface area contributed by atoms with E-state index in [1.165, 1.54) is 17.9 Å². The highest BCUT2D eigenvalue weighted by Crippen LogP contribution is 2.38. The van der Waals surface area contributed by atoms with E-state index in [0.717, 1.165) is 30.7 Å². The van der Waals surface area contributed by atoms with Gasteiger partial charge in [-0.05, 0) is 67.5 Å². The molecule has 0 atom stereocenters. The Morgan fingerprint density at radius 3 is 2.40 bits per heavy atom. The van der Waals surface area contributed by atoms with Crippen LogP contribution in [0.5, 0.6) is 0 Å². The lowest BCUT2D eigenvalue weighted by Crippen LogP contribution is -2.29. The minimum atomic E-state index is -3.31. The zero-order valence-electron chi connectivity index (χ0n) is 16.7. The molecule has 2 aromatic carbocycles. The zero-order valence-corrected chi connectivity index (χ0v) is 18.2. The molecule has 0 unspecified atom stereocenters. The number of aromatic nitrogens is 2. The number of sulfone groups is 1. The smallest absolute Gasteiger partial charge is 0.267 e. The molecule has 156 valence electrons. The van der Waals surface area contributed by atoms with Crippen LogP contribution >= 0.6 is 11.6 Å². The number of nitrogens with zero attached hydrogens (tertiary/aromatic N) is 2. The molecule has 3 aromatic rings. The third-order valence-corrected chi connectivity index (χ3v) is 7.09. The maximum atomic E-state index is 12.5. The summed E-state index contributed by atoms with van der Waals surface area (Å²) in [5.41, 5.74) is 2.38. The van der Waals surface area contributed by atoms with Crippen LogP contribution in [0.25, 0.3) is 11.3 Å². The summed E-state index contributed by atoms with van der Waals surface area (Å²) in [6.45, 7) is 0. The van der Waals surface area contributed by atoms with Gasteiger partial charge in [-0.1, -0.05) is 35.9 Å². The third-order valence-electron chi connectivity index (χ3n) is 5.75. The number of hydrogen-bond donors (Lipinski definition) is 0. The summed E-state index contributed by atoms with van der Waals surface area (Å²) < 4.78 is 25.3. The Labute approximate surface area is 181 Å². The van der Waals surface area contributed by atoms with Crippen LogP contribution < -0.4 is 5.56 Å². The standard InChI is InChI=1S/C23H23ClN2O3S/c1-30(28,29)21-7-3-5-18(15-21)22-12-13-23(27)26(25-22)20-10-8-16(9-11-20)17-4-2-6-19(24)14-17/h2-7,12-16,20H,8-11H2,1H3. The van der Waals surface area contributed by atoms with Gasteiger partial charge in [0.15, 0.2) is 9.84 Å². The van der Waals surface area contributed by atoms with Crippen molar-refractivity contribution in [3.8, 4) is 11.3 Å². The Bertz CT molecular complexity index is 1230. The molecule has 1 aliphatic rings. The average Bonchev–Trinajstić information content (AvgIpc) is 2.74. The van der Waals surface area contributed by atoms with Crippen molar-refractivity contribution in [1.29, 1.82) is 0 Å². The molecule has 0 aliphatic heterocycles. The second-order valence-corrected chi connectivity index (χ2v) is 10.3. The van der Waals surface area contributed by atoms with E-state index < -0.39 is 9.84 Å². The topological polar surface area (TPSA) is 69.0 Å². The second-order valence-electron chi connectivity index (χ2n) is 7.86. The van der Waals surface area contributed by atoms with Crippen LogP contribution in [0.2, 0.25) is 5.02 Å². The number of benzene rings is 2. The van der Waals surface area contributed by atoms with Crippen LogP contribution in [0, 0.1) is 0 Å². The van der Waals surface area contributed by atoms with Crippen molar-refractivity contribution in [2.75, 3.05) is 6.26 Å². The molecule has 0 spiro atoms. The van der Waals surface area contributed by atoms with Crippen LogP contribution in [-0.2, 0) is 9.84 Å². The lowest BCUT2D eigenvalue weighted by atomic mass is 9.82. The molecule has 1 saturated carbocycles. The molecular formula is C23H23ClN2O3S. The molecular weight excluding hydrogens is 420 g/mol. The van der Waals surface area contributed by atoms with Crippen molar-refractivity contribution in [1.82, 2.24) is 9.78 Å². The van der Waals surface area contributed by atoms with Gasteiger partial charge in [0.05, 0.1) is 16.6 Å². The van der Waals surface area contributed by atoms with Gasteiger partial charge in [0.2, 0.25) is 0 Å². The highest BCUT2D eigenvalue weighted by atomic mass is 35.5. The predicted octanol–water partition coefficient (Wildman–Crippen LogP) is 4.87. The van der Waals surface area contributed by atoms with Gasteiger partial charge in [-0.3, -0.25) is 4.79 Å². The molecule has 1 aliphatic carbocycles. The maximum Gasteiger partial charge on any atom is 0.267 e. The van der Waals surface area contributed by atoms with Crippen molar-refractivity contribution < 1.29 is 8.42 Å². The maximum absolute atomic E-state index is 12.5. The summed E-state index contributed by atoms with van der Waals surface area (Å²) in [6, 6.07) is 17.8. The van der Waals surface area contributed by atoms with E-state index in [1.54, 1.807) is 28.9 Å². The highest BCUT2D eigenvalue weighted by Gasteiger charge is 2.25. The molecule has 4 rings (SSSR count). The number of rotatable bonds is 4. The number of hydrogen-bond acceptors (Lipinski definition) is 4. The molecule has 7 heteroatoms. The summed E-state index contributed by atoms with van der Waals surface area (Å²) in [5, 5.41) is 5.34. The molecule has 0 bridgehead atoms. The summed E-state index contributed by atoms with van der Waals surface area (Å²) in [6.07, 6.45) is 4.83. The third kappa shape index (κ3) is 4.50. The van der Waals surface area contributed by atoms with Crippen LogP contribution in [0.3, 0.4) is 0 Å². The summed E-state index contributed by atoms with van der Waals surface area (Å²) in [5.74, 6) is 0.435. The zero-order chi connectivity index (χ0) is 21.3. The minimum absolute atomic E-state index is 0.0333. The van der Waals surface area contributed by atoms with E-state index in [4.69, 9.17) is 11.6 Å². The molecule has 0 saturated heterocycles. The fourth-order valence-electron chi connectivity index (χ4n) is 4.14. The van der Waals surface area contributed by atoms with E-state index in [2.05, 4.69) is 11.2 Å². The Balaban J connectivity index is 1.57. The fraction of sp³-hybridized carbons (Fsp3) is 0.304. The van der Waals surface area contributed by atoms with Gasteiger partial charge in [0.1, 0.15) is 0 Å². The molecule has 5 nitrogen and oxygen atoms in total. The van der Waals surface area contributed by atoms with Crippen molar-refractivity contribution in [3.05, 3.63) is 81.6 Å². The first-order valence-electron chi connectivity index (χ1n) is 9.97. The van der Waals surface area contributed by atoms with Crippen LogP contribution in [-0.4, -0.2) is 24.5 Å². The van der Waals surface area contributed by atoms with Gasteiger partial charge < -0.3 is 0 Å². The average molecular weight is 443 g/mol. The highest BCUT2D eigenvalue weighted by molar-refractivity contribution is 7.90. The van der Waals surface area contributed by atoms with E-state index in [-0.39, 0.29) is 16.5 Å². The molecule has 1 heterocycles. The van der Waals surface area contributed by atoms with Crippen molar-refractivity contribution in [2.45, 2.75) is 42.5 Å². The summed E-state index contributed by atoms with van der Waals surface area (Å²) in [7, 11) is -3.31. The summed E-state index contributed by atoms with van der Waals surface area (Å²) >= 11 is 6.13. The van der Waals surface area contributed by atoms with Crippen LogP contribution in [0.4, 0.5) is 0 Å². The first kappa shape index (κ1) is 20.8. The largest absolute Gasteiger partial charge is 0.268 e. The minimum Gasteiger partial charge on any atom is -0.268 e. The lowest BCUT2D eigenvalue weighted by molar-refractivity contribution is 0.295. The molecule has 0 radical (unpaired) electrons. The SMILES string of the molecule is CS(=O)(=O)c1cccc(-c2ccc(=O)n(C3CCC(c4cccc(Cl)c4)CC3)n2)c1. The first-order chi connectivity index (χ1) is 14.3. The van der Waals surface area contributed by atoms with Crippen molar-refractivity contribution >= 4 is 21.4 Å². The molecule has 30 heavy (non-hydrogen) atoms. The van der Waals surface area contributed by atoms with Gasteiger partial charge in [-0.2, -0.15) is 5.10 Å². The monoisotopic (exact) mass is 442 g/mol. The normalized spacial score (nSPS) is 19.5. The van der Waals surface area contributed by atoms with Crippen LogP contribution in [0.1, 0.15) is 43.2 Å².